The summed E-state index contributed by atoms with van der Waals surface area (Å²) in [4.78, 5) is 13.1. The van der Waals surface area contributed by atoms with E-state index < -0.39 is 0 Å². The van der Waals surface area contributed by atoms with Crippen LogP contribution in [-0.2, 0) is 13.0 Å². The summed E-state index contributed by atoms with van der Waals surface area (Å²) in [7, 11) is 0. The van der Waals surface area contributed by atoms with Gasteiger partial charge in [-0.2, -0.15) is 0 Å². The average Bonchev–Trinajstić information content (AvgIpc) is 3.22. The fourth-order valence-electron chi connectivity index (χ4n) is 3.36. The van der Waals surface area contributed by atoms with Crippen LogP contribution in [0.25, 0.3) is 10.2 Å². The van der Waals surface area contributed by atoms with E-state index in [1.807, 2.05) is 6.20 Å². The molecule has 1 aliphatic heterocycles. The molecule has 0 saturated carbocycles. The van der Waals surface area contributed by atoms with Crippen LogP contribution < -0.4 is 5.32 Å². The first kappa shape index (κ1) is 16.9. The van der Waals surface area contributed by atoms with Gasteiger partial charge in [0, 0.05) is 23.7 Å². The third-order valence-corrected chi connectivity index (χ3v) is 6.76. The number of hydrogen-bond donors (Lipinski definition) is 1. The number of nitrogens with zero attached hydrogens (tertiary/aromatic N) is 3. The summed E-state index contributed by atoms with van der Waals surface area (Å²) in [5, 5.41) is 5.26. The molecule has 132 valence electrons. The Balaban J connectivity index is 1.45. The molecule has 2 aromatic heterocycles. The number of fused-ring (bicyclic) bond motifs is 1. The molecule has 4 nitrogen and oxygen atoms in total. The molecule has 0 radical (unpaired) electrons. The Kier molecular flexibility index (Phi) is 5.01. The SMILES string of the molecule is CCc1ccc2nc(Nc3ncc(CN4CCCCC4C)s3)sc2c1. The summed E-state index contributed by atoms with van der Waals surface area (Å²) >= 11 is 3.44. The predicted molar refractivity (Wildman–Crippen MR) is 108 cm³/mol. The number of aryl methyl sites for hydroxylation is 1. The van der Waals surface area contributed by atoms with Gasteiger partial charge in [0.15, 0.2) is 10.3 Å². The van der Waals surface area contributed by atoms with Crippen LogP contribution in [-0.4, -0.2) is 27.5 Å². The lowest BCUT2D eigenvalue weighted by atomic mass is 10.0. The lowest BCUT2D eigenvalue weighted by molar-refractivity contribution is 0.154. The molecule has 1 fully saturated rings. The highest BCUT2D eigenvalue weighted by molar-refractivity contribution is 7.22. The van der Waals surface area contributed by atoms with Crippen LogP contribution in [0.5, 0.6) is 0 Å². The van der Waals surface area contributed by atoms with Gasteiger partial charge in [0.2, 0.25) is 0 Å². The van der Waals surface area contributed by atoms with Gasteiger partial charge in [-0.3, -0.25) is 4.90 Å². The highest BCUT2D eigenvalue weighted by Gasteiger charge is 2.19. The summed E-state index contributed by atoms with van der Waals surface area (Å²) in [6, 6.07) is 7.20. The van der Waals surface area contributed by atoms with Crippen molar-refractivity contribution in [2.24, 2.45) is 0 Å². The van der Waals surface area contributed by atoms with Crippen LogP contribution >= 0.6 is 22.7 Å². The lowest BCUT2D eigenvalue weighted by Gasteiger charge is -2.32. The van der Waals surface area contributed by atoms with E-state index in [1.165, 1.54) is 40.9 Å². The topological polar surface area (TPSA) is 41.1 Å². The van der Waals surface area contributed by atoms with E-state index in [2.05, 4.69) is 52.2 Å². The summed E-state index contributed by atoms with van der Waals surface area (Å²) < 4.78 is 1.24. The molecule has 1 aliphatic rings. The van der Waals surface area contributed by atoms with Crippen LogP contribution in [0.15, 0.2) is 24.4 Å². The maximum absolute atomic E-state index is 4.68. The van der Waals surface area contributed by atoms with Crippen LogP contribution in [0, 0.1) is 0 Å². The van der Waals surface area contributed by atoms with Crippen molar-refractivity contribution in [1.82, 2.24) is 14.9 Å². The molecule has 1 N–H and O–H groups in total. The van der Waals surface area contributed by atoms with Crippen molar-refractivity contribution >= 4 is 43.2 Å². The number of benzene rings is 1. The first-order valence-electron chi connectivity index (χ1n) is 9.06. The quantitative estimate of drug-likeness (QED) is 0.648. The lowest BCUT2D eigenvalue weighted by Crippen LogP contribution is -2.36. The highest BCUT2D eigenvalue weighted by Crippen LogP contribution is 2.31. The molecule has 1 aromatic carbocycles. The van der Waals surface area contributed by atoms with Crippen molar-refractivity contribution in [2.75, 3.05) is 11.9 Å². The predicted octanol–water partition coefficient (Wildman–Crippen LogP) is 5.43. The fourth-order valence-corrected chi connectivity index (χ4v) is 5.20. The number of anilines is 2. The molecule has 3 aromatic rings. The van der Waals surface area contributed by atoms with Gasteiger partial charge in [-0.05, 0) is 50.4 Å². The molecule has 1 saturated heterocycles. The maximum Gasteiger partial charge on any atom is 0.190 e. The summed E-state index contributed by atoms with van der Waals surface area (Å²) in [6.07, 6.45) is 7.07. The minimum absolute atomic E-state index is 0.685. The number of rotatable bonds is 5. The minimum atomic E-state index is 0.685. The van der Waals surface area contributed by atoms with Crippen LogP contribution in [0.3, 0.4) is 0 Å². The summed E-state index contributed by atoms with van der Waals surface area (Å²) in [5.74, 6) is 0. The van der Waals surface area contributed by atoms with E-state index in [4.69, 9.17) is 0 Å². The van der Waals surface area contributed by atoms with Crippen LogP contribution in [0.2, 0.25) is 0 Å². The van der Waals surface area contributed by atoms with Crippen molar-refractivity contribution in [3.8, 4) is 0 Å². The normalized spacial score (nSPS) is 18.7. The number of piperidine rings is 1. The van der Waals surface area contributed by atoms with Crippen molar-refractivity contribution in [1.29, 1.82) is 0 Å². The van der Waals surface area contributed by atoms with Gasteiger partial charge in [-0.25, -0.2) is 9.97 Å². The van der Waals surface area contributed by atoms with Crippen molar-refractivity contribution < 1.29 is 0 Å². The van der Waals surface area contributed by atoms with Gasteiger partial charge in [-0.15, -0.1) is 11.3 Å². The maximum atomic E-state index is 4.68. The Bertz CT molecular complexity index is 854. The zero-order valence-electron chi connectivity index (χ0n) is 14.8. The van der Waals surface area contributed by atoms with Gasteiger partial charge < -0.3 is 5.32 Å². The van der Waals surface area contributed by atoms with Gasteiger partial charge in [0.1, 0.15) is 0 Å². The molecule has 25 heavy (non-hydrogen) atoms. The first-order valence-corrected chi connectivity index (χ1v) is 10.7. The molecule has 6 heteroatoms. The zero-order chi connectivity index (χ0) is 17.2. The number of likely N-dealkylation sites (tertiary alicyclic amines) is 1. The number of hydrogen-bond acceptors (Lipinski definition) is 6. The second kappa shape index (κ2) is 7.40. The highest BCUT2D eigenvalue weighted by atomic mass is 32.1. The fraction of sp³-hybridized carbons (Fsp3) is 0.474. The Hall–Kier alpha value is -1.50. The van der Waals surface area contributed by atoms with Crippen LogP contribution in [0.4, 0.5) is 10.3 Å². The molecule has 4 rings (SSSR count). The van der Waals surface area contributed by atoms with E-state index in [0.717, 1.165) is 28.7 Å². The van der Waals surface area contributed by atoms with Crippen LogP contribution in [0.1, 0.15) is 43.6 Å². The van der Waals surface area contributed by atoms with E-state index in [1.54, 1.807) is 22.7 Å². The molecule has 0 amide bonds. The van der Waals surface area contributed by atoms with E-state index >= 15 is 0 Å². The van der Waals surface area contributed by atoms with Gasteiger partial charge in [0.25, 0.3) is 0 Å². The zero-order valence-corrected chi connectivity index (χ0v) is 16.4. The molecular formula is C19H24N4S2. The number of nitrogens with one attached hydrogen (secondary N) is 1. The first-order chi connectivity index (χ1) is 12.2. The average molecular weight is 373 g/mol. The van der Waals surface area contributed by atoms with E-state index in [0.29, 0.717) is 6.04 Å². The molecule has 0 aliphatic carbocycles. The second-order valence-electron chi connectivity index (χ2n) is 6.75. The van der Waals surface area contributed by atoms with Crippen molar-refractivity contribution in [3.63, 3.8) is 0 Å². The number of thiazole rings is 2. The Morgan fingerprint density at radius 1 is 1.24 bits per heavy atom. The number of aromatic nitrogens is 2. The standard InChI is InChI=1S/C19H24N4S2/c1-3-14-7-8-16-17(10-14)25-19(21-16)22-18-20-11-15(24-18)12-23-9-5-4-6-13(23)2/h7-8,10-11,13H,3-6,9,12H2,1-2H3,(H,20,21,22). The second-order valence-corrected chi connectivity index (χ2v) is 8.89. The molecule has 3 heterocycles. The van der Waals surface area contributed by atoms with Gasteiger partial charge in [0.05, 0.1) is 10.2 Å². The third-order valence-electron chi connectivity index (χ3n) is 4.93. The van der Waals surface area contributed by atoms with Crippen molar-refractivity contribution in [2.45, 2.75) is 52.1 Å². The molecule has 1 atom stereocenters. The minimum Gasteiger partial charge on any atom is -0.307 e. The Morgan fingerprint density at radius 2 is 2.16 bits per heavy atom. The smallest absolute Gasteiger partial charge is 0.190 e. The Morgan fingerprint density at radius 3 is 3.00 bits per heavy atom. The summed E-state index contributed by atoms with van der Waals surface area (Å²) in [5.41, 5.74) is 2.42. The molecular weight excluding hydrogens is 348 g/mol. The van der Waals surface area contributed by atoms with Gasteiger partial charge in [-0.1, -0.05) is 30.7 Å². The monoisotopic (exact) mass is 372 g/mol. The largest absolute Gasteiger partial charge is 0.307 e. The molecule has 1 unspecified atom stereocenters. The molecule has 0 bridgehead atoms. The molecule has 0 spiro atoms. The third kappa shape index (κ3) is 3.86. The van der Waals surface area contributed by atoms with E-state index in [-0.39, 0.29) is 0 Å². The van der Waals surface area contributed by atoms with Crippen molar-refractivity contribution in [3.05, 3.63) is 34.8 Å². The van der Waals surface area contributed by atoms with Gasteiger partial charge >= 0.3 is 0 Å². The summed E-state index contributed by atoms with van der Waals surface area (Å²) in [6.45, 7) is 6.74. The van der Waals surface area contributed by atoms with E-state index in [9.17, 15) is 0 Å². The Labute approximate surface area is 156 Å².